The van der Waals surface area contributed by atoms with Gasteiger partial charge in [-0.1, -0.05) is 15.9 Å². The van der Waals surface area contributed by atoms with E-state index >= 15 is 0 Å². The molecule has 1 atom stereocenters. The fourth-order valence-electron chi connectivity index (χ4n) is 1.61. The molecule has 2 aromatic rings. The number of carbonyl (C=O) groups is 1. The first-order chi connectivity index (χ1) is 8.97. The van der Waals surface area contributed by atoms with Gasteiger partial charge in [0.2, 0.25) is 0 Å². The molecule has 0 aliphatic heterocycles. The molecule has 19 heavy (non-hydrogen) atoms. The lowest BCUT2D eigenvalue weighted by Gasteiger charge is -2.09. The Hall–Kier alpha value is -1.66. The molecular formula is C13H11BrO5. The highest BCUT2D eigenvalue weighted by atomic mass is 79.9. The molecular weight excluding hydrogens is 316 g/mol. The Morgan fingerprint density at radius 1 is 1.47 bits per heavy atom. The zero-order valence-electron chi connectivity index (χ0n) is 10.1. The highest BCUT2D eigenvalue weighted by Crippen LogP contribution is 2.22. The van der Waals surface area contributed by atoms with Crippen molar-refractivity contribution < 1.29 is 19.1 Å². The molecule has 0 unspecified atom stereocenters. The van der Waals surface area contributed by atoms with Crippen LogP contribution in [0.2, 0.25) is 0 Å². The van der Waals surface area contributed by atoms with Gasteiger partial charge in [-0.2, -0.15) is 0 Å². The van der Waals surface area contributed by atoms with E-state index in [4.69, 9.17) is 14.3 Å². The van der Waals surface area contributed by atoms with Gasteiger partial charge in [-0.25, -0.2) is 9.59 Å². The van der Waals surface area contributed by atoms with Crippen LogP contribution in [0.25, 0.3) is 11.0 Å². The Balaban J connectivity index is 2.37. The first-order valence-electron chi connectivity index (χ1n) is 5.54. The van der Waals surface area contributed by atoms with Gasteiger partial charge in [-0.15, -0.1) is 0 Å². The number of carboxylic acids is 1. The van der Waals surface area contributed by atoms with Gasteiger partial charge in [0.1, 0.15) is 5.58 Å². The van der Waals surface area contributed by atoms with Gasteiger partial charge in [0.05, 0.1) is 6.61 Å². The highest BCUT2D eigenvalue weighted by molar-refractivity contribution is 9.10. The first kappa shape index (κ1) is 13.8. The summed E-state index contributed by atoms with van der Waals surface area (Å²) in [6, 6.07) is 6.59. The van der Waals surface area contributed by atoms with Gasteiger partial charge in [0.25, 0.3) is 0 Å². The number of halogens is 1. The normalized spacial score (nSPS) is 12.5. The van der Waals surface area contributed by atoms with Crippen LogP contribution in [0, 0.1) is 0 Å². The van der Waals surface area contributed by atoms with Crippen LogP contribution in [0.15, 0.2) is 37.9 Å². The van der Waals surface area contributed by atoms with Gasteiger partial charge >= 0.3 is 11.6 Å². The van der Waals surface area contributed by atoms with Crippen molar-refractivity contribution in [2.24, 2.45) is 0 Å². The van der Waals surface area contributed by atoms with Crippen LogP contribution in [-0.2, 0) is 16.1 Å². The number of ether oxygens (including phenoxy) is 1. The molecule has 0 amide bonds. The number of hydrogen-bond acceptors (Lipinski definition) is 4. The van der Waals surface area contributed by atoms with Crippen molar-refractivity contribution in [2.45, 2.75) is 19.6 Å². The quantitative estimate of drug-likeness (QED) is 0.874. The van der Waals surface area contributed by atoms with E-state index in [1.54, 1.807) is 12.1 Å². The Kier molecular flexibility index (Phi) is 4.01. The topological polar surface area (TPSA) is 76.7 Å². The van der Waals surface area contributed by atoms with E-state index in [0.29, 0.717) is 11.1 Å². The van der Waals surface area contributed by atoms with Crippen molar-refractivity contribution in [3.63, 3.8) is 0 Å². The molecule has 0 radical (unpaired) electrons. The lowest BCUT2D eigenvalue weighted by atomic mass is 10.1. The Morgan fingerprint density at radius 3 is 2.89 bits per heavy atom. The zero-order valence-corrected chi connectivity index (χ0v) is 11.6. The molecule has 0 bridgehead atoms. The molecule has 0 fully saturated rings. The second kappa shape index (κ2) is 5.54. The van der Waals surface area contributed by atoms with E-state index < -0.39 is 17.7 Å². The fourth-order valence-corrected chi connectivity index (χ4v) is 1.95. The van der Waals surface area contributed by atoms with E-state index in [9.17, 15) is 9.59 Å². The molecule has 5 nitrogen and oxygen atoms in total. The summed E-state index contributed by atoms with van der Waals surface area (Å²) in [5, 5.41) is 9.48. The maximum atomic E-state index is 11.4. The van der Waals surface area contributed by atoms with E-state index in [2.05, 4.69) is 15.9 Å². The maximum Gasteiger partial charge on any atom is 0.336 e. The Morgan fingerprint density at radius 2 is 2.21 bits per heavy atom. The van der Waals surface area contributed by atoms with Crippen LogP contribution >= 0.6 is 15.9 Å². The Labute approximate surface area is 116 Å². The fraction of sp³-hybridized carbons (Fsp3) is 0.231. The Bertz CT molecular complexity index is 676. The molecule has 0 spiro atoms. The molecule has 1 heterocycles. The average Bonchev–Trinajstić information content (AvgIpc) is 2.34. The zero-order chi connectivity index (χ0) is 14.0. The number of carboxylic acid groups (broad SMARTS) is 1. The molecule has 100 valence electrons. The molecule has 0 aliphatic carbocycles. The number of rotatable bonds is 4. The molecule has 2 rings (SSSR count). The van der Waals surface area contributed by atoms with Gasteiger partial charge in [0.15, 0.2) is 6.10 Å². The lowest BCUT2D eigenvalue weighted by Crippen LogP contribution is -2.19. The third-order valence-electron chi connectivity index (χ3n) is 2.63. The van der Waals surface area contributed by atoms with Crippen LogP contribution in [0.3, 0.4) is 0 Å². The molecule has 1 aromatic carbocycles. The van der Waals surface area contributed by atoms with Crippen LogP contribution in [0.5, 0.6) is 0 Å². The summed E-state index contributed by atoms with van der Waals surface area (Å²) in [5.74, 6) is -1.05. The second-order valence-corrected chi connectivity index (χ2v) is 4.94. The average molecular weight is 327 g/mol. The third-order valence-corrected chi connectivity index (χ3v) is 3.12. The van der Waals surface area contributed by atoms with Crippen LogP contribution in [0.4, 0.5) is 0 Å². The summed E-state index contributed by atoms with van der Waals surface area (Å²) in [6.45, 7) is 1.48. The number of aliphatic carboxylic acids is 1. The highest BCUT2D eigenvalue weighted by Gasteiger charge is 2.13. The van der Waals surface area contributed by atoms with E-state index in [0.717, 1.165) is 9.86 Å². The largest absolute Gasteiger partial charge is 0.479 e. The molecule has 6 heteroatoms. The molecule has 1 N–H and O–H groups in total. The van der Waals surface area contributed by atoms with E-state index in [1.165, 1.54) is 13.0 Å². The minimum Gasteiger partial charge on any atom is -0.479 e. The van der Waals surface area contributed by atoms with Gasteiger partial charge in [-0.05, 0) is 30.7 Å². The minimum atomic E-state index is -1.05. The van der Waals surface area contributed by atoms with Gasteiger partial charge in [-0.3, -0.25) is 0 Å². The molecule has 1 aromatic heterocycles. The summed E-state index contributed by atoms with van der Waals surface area (Å²) < 4.78 is 11.1. The summed E-state index contributed by atoms with van der Waals surface area (Å²) in [5.41, 5.74) is 0.544. The van der Waals surface area contributed by atoms with Crippen LogP contribution < -0.4 is 5.63 Å². The van der Waals surface area contributed by atoms with Crippen molar-refractivity contribution in [1.29, 1.82) is 0 Å². The van der Waals surface area contributed by atoms with E-state index in [1.807, 2.05) is 6.07 Å². The summed E-state index contributed by atoms with van der Waals surface area (Å²) in [6.07, 6.45) is -0.933. The first-order valence-corrected chi connectivity index (χ1v) is 6.33. The predicted molar refractivity (Wildman–Crippen MR) is 72.1 cm³/mol. The van der Waals surface area contributed by atoms with Crippen molar-refractivity contribution in [2.75, 3.05) is 0 Å². The summed E-state index contributed by atoms with van der Waals surface area (Å²) in [4.78, 5) is 22.1. The lowest BCUT2D eigenvalue weighted by molar-refractivity contribution is -0.149. The third kappa shape index (κ3) is 3.21. The molecule has 0 saturated carbocycles. The summed E-state index contributed by atoms with van der Waals surface area (Å²) in [7, 11) is 0. The smallest absolute Gasteiger partial charge is 0.336 e. The van der Waals surface area contributed by atoms with Crippen LogP contribution in [-0.4, -0.2) is 17.2 Å². The van der Waals surface area contributed by atoms with Crippen molar-refractivity contribution in [3.05, 3.63) is 44.7 Å². The SMILES string of the molecule is C[C@@H](OCc1cc(=O)oc2cc(Br)ccc12)C(=O)O. The molecule has 0 saturated heterocycles. The molecule has 0 aliphatic rings. The van der Waals surface area contributed by atoms with Crippen molar-refractivity contribution in [1.82, 2.24) is 0 Å². The standard InChI is InChI=1S/C13H11BrO5/c1-7(13(16)17)18-6-8-4-12(15)19-11-5-9(14)2-3-10(8)11/h2-5,7H,6H2,1H3,(H,16,17)/t7-/m1/s1. The van der Waals surface area contributed by atoms with Crippen molar-refractivity contribution in [3.8, 4) is 0 Å². The number of fused-ring (bicyclic) bond motifs is 1. The number of hydrogen-bond donors (Lipinski definition) is 1. The maximum absolute atomic E-state index is 11.4. The van der Waals surface area contributed by atoms with Gasteiger partial charge in [0, 0.05) is 15.9 Å². The predicted octanol–water partition coefficient (Wildman–Crippen LogP) is 2.55. The monoisotopic (exact) mass is 326 g/mol. The second-order valence-electron chi connectivity index (χ2n) is 4.02. The van der Waals surface area contributed by atoms with Gasteiger partial charge < -0.3 is 14.3 Å². The van der Waals surface area contributed by atoms with Crippen LogP contribution in [0.1, 0.15) is 12.5 Å². The van der Waals surface area contributed by atoms with Crippen molar-refractivity contribution >= 4 is 32.9 Å². The van der Waals surface area contributed by atoms with E-state index in [-0.39, 0.29) is 6.61 Å². The number of benzene rings is 1. The minimum absolute atomic E-state index is 0.0389. The summed E-state index contributed by atoms with van der Waals surface area (Å²) >= 11 is 3.29.